The molecular formula is C46H26O2. The zero-order valence-corrected chi connectivity index (χ0v) is 25.8. The van der Waals surface area contributed by atoms with Gasteiger partial charge >= 0.3 is 0 Å². The van der Waals surface area contributed by atoms with Gasteiger partial charge in [0, 0.05) is 16.2 Å². The van der Waals surface area contributed by atoms with Crippen molar-refractivity contribution in [3.63, 3.8) is 0 Å². The van der Waals surface area contributed by atoms with Crippen LogP contribution >= 0.6 is 0 Å². The highest BCUT2D eigenvalue weighted by molar-refractivity contribution is 6.28. The van der Waals surface area contributed by atoms with E-state index in [2.05, 4.69) is 158 Å². The van der Waals surface area contributed by atoms with E-state index in [-0.39, 0.29) is 0 Å². The summed E-state index contributed by atoms with van der Waals surface area (Å²) in [6.07, 6.45) is 0. The molecule has 0 aliphatic rings. The Hall–Kier alpha value is -6.38. The van der Waals surface area contributed by atoms with Gasteiger partial charge in [-0.3, -0.25) is 0 Å². The summed E-state index contributed by atoms with van der Waals surface area (Å²) in [6.45, 7) is 0. The molecule has 2 aromatic heterocycles. The van der Waals surface area contributed by atoms with Gasteiger partial charge in [0.15, 0.2) is 0 Å². The summed E-state index contributed by atoms with van der Waals surface area (Å²) in [5, 5.41) is 14.1. The Labute approximate surface area is 275 Å². The average molecular weight is 611 g/mol. The summed E-state index contributed by atoms with van der Waals surface area (Å²) < 4.78 is 13.2. The zero-order valence-electron chi connectivity index (χ0n) is 25.8. The molecule has 0 saturated heterocycles. The van der Waals surface area contributed by atoms with E-state index in [4.69, 9.17) is 8.83 Å². The highest BCUT2D eigenvalue weighted by Crippen LogP contribution is 2.47. The molecule has 2 heterocycles. The van der Waals surface area contributed by atoms with Gasteiger partial charge in [-0.05, 0) is 95.7 Å². The molecule has 0 aliphatic heterocycles. The Morgan fingerprint density at radius 3 is 1.62 bits per heavy atom. The van der Waals surface area contributed by atoms with Crippen LogP contribution in [0.3, 0.4) is 0 Å². The third-order valence-electron chi connectivity index (χ3n) is 10.2. The lowest BCUT2D eigenvalue weighted by Gasteiger charge is -2.18. The van der Waals surface area contributed by atoms with Crippen LogP contribution in [-0.2, 0) is 0 Å². The maximum Gasteiger partial charge on any atom is 0.147 e. The monoisotopic (exact) mass is 610 g/mol. The van der Waals surface area contributed by atoms with Crippen LogP contribution in [0.2, 0.25) is 0 Å². The van der Waals surface area contributed by atoms with E-state index >= 15 is 0 Å². The van der Waals surface area contributed by atoms with Gasteiger partial charge in [-0.15, -0.1) is 0 Å². The summed E-state index contributed by atoms with van der Waals surface area (Å²) in [4.78, 5) is 0. The molecule has 0 atom stereocenters. The van der Waals surface area contributed by atoms with Crippen molar-refractivity contribution >= 4 is 87.0 Å². The summed E-state index contributed by atoms with van der Waals surface area (Å²) >= 11 is 0. The van der Waals surface area contributed by atoms with Crippen molar-refractivity contribution in [1.29, 1.82) is 0 Å². The molecule has 11 aromatic rings. The minimum Gasteiger partial charge on any atom is -0.456 e. The molecule has 0 radical (unpaired) electrons. The molecule has 0 aliphatic carbocycles. The number of benzene rings is 9. The maximum atomic E-state index is 6.85. The molecule has 0 saturated carbocycles. The first kappa shape index (κ1) is 25.8. The van der Waals surface area contributed by atoms with Crippen molar-refractivity contribution in [3.8, 4) is 22.3 Å². The van der Waals surface area contributed by atoms with E-state index in [9.17, 15) is 0 Å². The Bertz CT molecular complexity index is 3060. The van der Waals surface area contributed by atoms with Crippen LogP contribution in [0.4, 0.5) is 0 Å². The van der Waals surface area contributed by atoms with Crippen LogP contribution in [0.25, 0.3) is 109 Å². The van der Waals surface area contributed by atoms with Crippen LogP contribution in [0.5, 0.6) is 0 Å². The SMILES string of the molecule is c1ccc2c(-c3c4ccccc4c(-c4ccc5c(c4)oc4c5ccc5oc6ccc7ccccc7c6c54)c4ccccc34)cccc2c1. The summed E-state index contributed by atoms with van der Waals surface area (Å²) in [5.41, 5.74) is 8.34. The van der Waals surface area contributed by atoms with E-state index < -0.39 is 0 Å². The maximum absolute atomic E-state index is 6.85. The topological polar surface area (TPSA) is 26.3 Å². The Kier molecular flexibility index (Phi) is 5.14. The number of furan rings is 2. The molecule has 0 fully saturated rings. The van der Waals surface area contributed by atoms with Crippen molar-refractivity contribution in [2.24, 2.45) is 0 Å². The summed E-state index contributed by atoms with van der Waals surface area (Å²) in [7, 11) is 0. The van der Waals surface area contributed by atoms with Gasteiger partial charge in [0.05, 0.1) is 5.39 Å². The Morgan fingerprint density at radius 1 is 0.312 bits per heavy atom. The van der Waals surface area contributed by atoms with Crippen LogP contribution in [0, 0.1) is 0 Å². The first-order chi connectivity index (χ1) is 23.8. The lowest BCUT2D eigenvalue weighted by molar-refractivity contribution is 0.663. The fourth-order valence-corrected chi connectivity index (χ4v) is 8.19. The molecule has 9 aromatic carbocycles. The predicted octanol–water partition coefficient (Wildman–Crippen LogP) is 13.4. The van der Waals surface area contributed by atoms with Crippen LogP contribution in [0.1, 0.15) is 0 Å². The molecule has 2 heteroatoms. The van der Waals surface area contributed by atoms with Gasteiger partial charge in [0.2, 0.25) is 0 Å². The number of hydrogen-bond donors (Lipinski definition) is 0. The minimum absolute atomic E-state index is 0.842. The van der Waals surface area contributed by atoms with Crippen molar-refractivity contribution < 1.29 is 8.83 Å². The lowest BCUT2D eigenvalue weighted by Crippen LogP contribution is -1.91. The first-order valence-corrected chi connectivity index (χ1v) is 16.4. The summed E-state index contributed by atoms with van der Waals surface area (Å²) in [6, 6.07) is 56.6. The second-order valence-corrected chi connectivity index (χ2v) is 12.8. The Balaban J connectivity index is 1.21. The molecule has 2 nitrogen and oxygen atoms in total. The van der Waals surface area contributed by atoms with Crippen molar-refractivity contribution in [1.82, 2.24) is 0 Å². The standard InChI is InChI=1S/C46H26O2/c1-3-13-30-27(10-1)12-9-19-33(30)43-36-17-7-5-15-34(36)42(35-16-6-8-18-37(35)43)29-20-22-32-38-23-25-40-45(46(38)48-41(32)26-29)44-31-14-4-2-11-28(31)21-24-39(44)47-40/h1-26H. The molecule has 0 bridgehead atoms. The van der Waals surface area contributed by atoms with Crippen LogP contribution in [-0.4, -0.2) is 0 Å². The average Bonchev–Trinajstić information content (AvgIpc) is 3.72. The lowest BCUT2D eigenvalue weighted by atomic mass is 9.84. The number of fused-ring (bicyclic) bond motifs is 12. The fraction of sp³-hybridized carbons (Fsp3) is 0. The van der Waals surface area contributed by atoms with Crippen molar-refractivity contribution in [3.05, 3.63) is 158 Å². The van der Waals surface area contributed by atoms with Gasteiger partial charge in [-0.25, -0.2) is 0 Å². The number of hydrogen-bond acceptors (Lipinski definition) is 2. The predicted molar refractivity (Wildman–Crippen MR) is 202 cm³/mol. The normalized spacial score (nSPS) is 12.2. The van der Waals surface area contributed by atoms with Gasteiger partial charge in [-0.2, -0.15) is 0 Å². The highest BCUT2D eigenvalue weighted by Gasteiger charge is 2.21. The van der Waals surface area contributed by atoms with Gasteiger partial charge < -0.3 is 8.83 Å². The third-order valence-corrected chi connectivity index (χ3v) is 10.2. The van der Waals surface area contributed by atoms with Gasteiger partial charge in [0.25, 0.3) is 0 Å². The van der Waals surface area contributed by atoms with E-state index in [1.165, 1.54) is 59.8 Å². The largest absolute Gasteiger partial charge is 0.456 e. The first-order valence-electron chi connectivity index (χ1n) is 16.4. The van der Waals surface area contributed by atoms with Crippen molar-refractivity contribution in [2.45, 2.75) is 0 Å². The molecular weight excluding hydrogens is 585 g/mol. The van der Waals surface area contributed by atoms with E-state index in [0.717, 1.165) is 49.4 Å². The quantitative estimate of drug-likeness (QED) is 0.182. The Morgan fingerprint density at radius 2 is 0.875 bits per heavy atom. The molecule has 0 amide bonds. The molecule has 11 rings (SSSR count). The van der Waals surface area contributed by atoms with Crippen LogP contribution in [0.15, 0.2) is 167 Å². The van der Waals surface area contributed by atoms with E-state index in [1.807, 2.05) is 0 Å². The number of rotatable bonds is 2. The highest BCUT2D eigenvalue weighted by atomic mass is 16.3. The van der Waals surface area contributed by atoms with E-state index in [1.54, 1.807) is 0 Å². The van der Waals surface area contributed by atoms with Crippen molar-refractivity contribution in [2.75, 3.05) is 0 Å². The minimum atomic E-state index is 0.842. The summed E-state index contributed by atoms with van der Waals surface area (Å²) in [5.74, 6) is 0. The fourth-order valence-electron chi connectivity index (χ4n) is 8.19. The van der Waals surface area contributed by atoms with E-state index in [0.29, 0.717) is 0 Å². The smallest absolute Gasteiger partial charge is 0.147 e. The second-order valence-electron chi connectivity index (χ2n) is 12.8. The van der Waals surface area contributed by atoms with Gasteiger partial charge in [-0.1, -0.05) is 127 Å². The molecule has 0 N–H and O–H groups in total. The van der Waals surface area contributed by atoms with Crippen LogP contribution < -0.4 is 0 Å². The third kappa shape index (κ3) is 3.46. The van der Waals surface area contributed by atoms with Gasteiger partial charge in [0.1, 0.15) is 22.3 Å². The second kappa shape index (κ2) is 9.57. The molecule has 222 valence electrons. The zero-order chi connectivity index (χ0) is 31.3. The molecule has 48 heavy (non-hydrogen) atoms. The molecule has 0 spiro atoms. The molecule has 0 unspecified atom stereocenters.